The molecule has 0 radical (unpaired) electrons. The minimum absolute atomic E-state index is 0.886. The summed E-state index contributed by atoms with van der Waals surface area (Å²) in [6, 6.07) is 0. The van der Waals surface area contributed by atoms with Crippen LogP contribution >= 0.6 is 0 Å². The Kier molecular flexibility index (Phi) is 3.64. The molecule has 12 heavy (non-hydrogen) atoms. The Morgan fingerprint density at radius 3 is 3.00 bits per heavy atom. The van der Waals surface area contributed by atoms with Crippen LogP contribution in [-0.4, -0.2) is 37.5 Å². The Morgan fingerprint density at radius 2 is 2.42 bits per heavy atom. The zero-order chi connectivity index (χ0) is 8.81. The number of allylic oxidation sites excluding steroid dienone is 1. The molecule has 0 bridgehead atoms. The maximum atomic E-state index is 4.31. The molecule has 3 nitrogen and oxygen atoms in total. The molecule has 0 atom stereocenters. The van der Waals surface area contributed by atoms with Gasteiger partial charge in [0.05, 0.1) is 6.54 Å². The van der Waals surface area contributed by atoms with Gasteiger partial charge in [-0.1, -0.05) is 19.1 Å². The predicted octanol–water partition coefficient (Wildman–Crippen LogP) is 0.844. The van der Waals surface area contributed by atoms with Crippen molar-refractivity contribution in [2.75, 3.05) is 26.7 Å². The van der Waals surface area contributed by atoms with Gasteiger partial charge in [-0.2, -0.15) is 0 Å². The van der Waals surface area contributed by atoms with E-state index in [9.17, 15) is 0 Å². The van der Waals surface area contributed by atoms with E-state index in [1.807, 2.05) is 0 Å². The summed E-state index contributed by atoms with van der Waals surface area (Å²) in [6.45, 7) is 4.99. The van der Waals surface area contributed by atoms with E-state index < -0.39 is 0 Å². The lowest BCUT2D eigenvalue weighted by Gasteiger charge is -2.13. The van der Waals surface area contributed by atoms with Crippen LogP contribution < -0.4 is 5.32 Å². The number of nitrogens with zero attached hydrogens (tertiary/aromatic N) is 2. The molecule has 0 aromatic rings. The summed E-state index contributed by atoms with van der Waals surface area (Å²) in [4.78, 5) is 6.45. The fourth-order valence-electron chi connectivity index (χ4n) is 1.12. The molecule has 0 saturated heterocycles. The van der Waals surface area contributed by atoms with Crippen LogP contribution in [0.25, 0.3) is 0 Å². The van der Waals surface area contributed by atoms with Crippen LogP contribution in [0, 0.1) is 0 Å². The molecule has 1 heterocycles. The third kappa shape index (κ3) is 2.57. The standard InChI is InChI=1S/C9H17N3/c1-3-4-5-6-10-9-11-7-8-12(9)2/h4-5H,3,6-8H2,1-2H3,(H,10,11)/b5-4+. The van der Waals surface area contributed by atoms with Crippen LogP contribution in [0.1, 0.15) is 13.3 Å². The van der Waals surface area contributed by atoms with Crippen molar-refractivity contribution in [1.82, 2.24) is 10.2 Å². The van der Waals surface area contributed by atoms with Crippen molar-refractivity contribution in [3.8, 4) is 0 Å². The first-order valence-corrected chi connectivity index (χ1v) is 4.49. The largest absolute Gasteiger partial charge is 0.353 e. The van der Waals surface area contributed by atoms with Gasteiger partial charge in [-0.25, -0.2) is 0 Å². The minimum atomic E-state index is 0.886. The van der Waals surface area contributed by atoms with Crippen molar-refractivity contribution >= 4 is 5.96 Å². The molecule has 0 spiro atoms. The summed E-state index contributed by atoms with van der Waals surface area (Å²) >= 11 is 0. The average Bonchev–Trinajstić information content (AvgIpc) is 2.46. The zero-order valence-electron chi connectivity index (χ0n) is 7.88. The van der Waals surface area contributed by atoms with E-state index in [-0.39, 0.29) is 0 Å². The number of nitrogens with one attached hydrogen (secondary N) is 1. The minimum Gasteiger partial charge on any atom is -0.353 e. The molecule has 0 amide bonds. The molecular formula is C9H17N3. The summed E-state index contributed by atoms with van der Waals surface area (Å²) in [7, 11) is 2.06. The van der Waals surface area contributed by atoms with Gasteiger partial charge in [0.15, 0.2) is 5.96 Å². The first-order chi connectivity index (χ1) is 5.84. The van der Waals surface area contributed by atoms with Gasteiger partial charge in [-0.3, -0.25) is 4.99 Å². The number of guanidine groups is 1. The van der Waals surface area contributed by atoms with Crippen molar-refractivity contribution in [3.05, 3.63) is 12.2 Å². The molecule has 0 aromatic heterocycles. The first kappa shape index (κ1) is 9.10. The van der Waals surface area contributed by atoms with E-state index in [0.29, 0.717) is 0 Å². The van der Waals surface area contributed by atoms with Gasteiger partial charge < -0.3 is 10.2 Å². The molecule has 1 aliphatic rings. The Bertz CT molecular complexity index is 184. The van der Waals surface area contributed by atoms with Crippen LogP contribution in [0.15, 0.2) is 17.1 Å². The monoisotopic (exact) mass is 167 g/mol. The van der Waals surface area contributed by atoms with E-state index >= 15 is 0 Å². The molecule has 0 saturated carbocycles. The number of hydrogen-bond acceptors (Lipinski definition) is 3. The summed E-state index contributed by atoms with van der Waals surface area (Å²) < 4.78 is 0. The quantitative estimate of drug-likeness (QED) is 0.631. The molecule has 1 aliphatic heterocycles. The average molecular weight is 167 g/mol. The fourth-order valence-corrected chi connectivity index (χ4v) is 1.12. The topological polar surface area (TPSA) is 27.6 Å². The van der Waals surface area contributed by atoms with Crippen molar-refractivity contribution in [1.29, 1.82) is 0 Å². The highest BCUT2D eigenvalue weighted by atomic mass is 15.3. The van der Waals surface area contributed by atoms with Gasteiger partial charge in [0.25, 0.3) is 0 Å². The Morgan fingerprint density at radius 1 is 1.58 bits per heavy atom. The second-order valence-corrected chi connectivity index (χ2v) is 2.89. The van der Waals surface area contributed by atoms with Gasteiger partial charge >= 0.3 is 0 Å². The van der Waals surface area contributed by atoms with Crippen molar-refractivity contribution in [2.45, 2.75) is 13.3 Å². The van der Waals surface area contributed by atoms with E-state index in [4.69, 9.17) is 0 Å². The third-order valence-corrected chi connectivity index (χ3v) is 1.84. The van der Waals surface area contributed by atoms with Gasteiger partial charge in [0.2, 0.25) is 0 Å². The Hall–Kier alpha value is -0.990. The van der Waals surface area contributed by atoms with Gasteiger partial charge in [-0.15, -0.1) is 0 Å². The molecule has 0 fully saturated rings. The van der Waals surface area contributed by atoms with Crippen molar-refractivity contribution in [3.63, 3.8) is 0 Å². The van der Waals surface area contributed by atoms with Crippen LogP contribution in [0.2, 0.25) is 0 Å². The lowest BCUT2D eigenvalue weighted by molar-refractivity contribution is 0.538. The van der Waals surface area contributed by atoms with Gasteiger partial charge in [-0.05, 0) is 6.42 Å². The van der Waals surface area contributed by atoms with Gasteiger partial charge in [0, 0.05) is 20.1 Å². The Labute approximate surface area is 74.2 Å². The normalized spacial score (nSPS) is 17.2. The van der Waals surface area contributed by atoms with E-state index in [1.54, 1.807) is 0 Å². The highest BCUT2D eigenvalue weighted by Gasteiger charge is 2.09. The number of aliphatic imine (C=N–C) groups is 1. The Balaban J connectivity index is 2.18. The molecular weight excluding hydrogens is 150 g/mol. The number of hydrogen-bond donors (Lipinski definition) is 1. The predicted molar refractivity (Wildman–Crippen MR) is 52.4 cm³/mol. The fraction of sp³-hybridized carbons (Fsp3) is 0.667. The first-order valence-electron chi connectivity index (χ1n) is 4.49. The van der Waals surface area contributed by atoms with E-state index in [2.05, 4.69) is 41.3 Å². The summed E-state index contributed by atoms with van der Waals surface area (Å²) in [6.07, 6.45) is 5.39. The molecule has 1 rings (SSSR count). The third-order valence-electron chi connectivity index (χ3n) is 1.84. The number of rotatable bonds is 3. The van der Waals surface area contributed by atoms with Crippen molar-refractivity contribution in [2.24, 2.45) is 4.99 Å². The van der Waals surface area contributed by atoms with E-state index in [1.165, 1.54) is 0 Å². The molecule has 68 valence electrons. The second kappa shape index (κ2) is 4.80. The lowest BCUT2D eigenvalue weighted by atomic mass is 10.4. The van der Waals surface area contributed by atoms with Crippen LogP contribution in [0.4, 0.5) is 0 Å². The zero-order valence-corrected chi connectivity index (χ0v) is 7.88. The van der Waals surface area contributed by atoms with Crippen LogP contribution in [-0.2, 0) is 0 Å². The summed E-state index contributed by atoms with van der Waals surface area (Å²) in [5.41, 5.74) is 0. The molecule has 0 unspecified atom stereocenters. The van der Waals surface area contributed by atoms with E-state index in [0.717, 1.165) is 32.0 Å². The molecule has 0 aromatic carbocycles. The second-order valence-electron chi connectivity index (χ2n) is 2.89. The highest BCUT2D eigenvalue weighted by Crippen LogP contribution is 1.94. The van der Waals surface area contributed by atoms with Crippen LogP contribution in [0.5, 0.6) is 0 Å². The summed E-state index contributed by atoms with van der Waals surface area (Å²) in [5.74, 6) is 1.02. The number of likely N-dealkylation sites (N-methyl/N-ethyl adjacent to an activating group) is 1. The highest BCUT2D eigenvalue weighted by molar-refractivity contribution is 5.81. The molecule has 1 N–H and O–H groups in total. The summed E-state index contributed by atoms with van der Waals surface area (Å²) in [5, 5.41) is 3.26. The molecule has 3 heteroatoms. The molecule has 0 aliphatic carbocycles. The SMILES string of the molecule is CC/C=C/CNC1=NCCN1C. The van der Waals surface area contributed by atoms with Crippen LogP contribution in [0.3, 0.4) is 0 Å². The smallest absolute Gasteiger partial charge is 0.194 e. The van der Waals surface area contributed by atoms with Gasteiger partial charge in [0.1, 0.15) is 0 Å². The maximum Gasteiger partial charge on any atom is 0.194 e. The van der Waals surface area contributed by atoms with Crippen molar-refractivity contribution < 1.29 is 0 Å². The maximum absolute atomic E-state index is 4.31. The lowest BCUT2D eigenvalue weighted by Crippen LogP contribution is -2.35.